The molecular weight excluding hydrogens is 280 g/mol. The lowest BCUT2D eigenvalue weighted by molar-refractivity contribution is -0.122. The first-order valence-corrected chi connectivity index (χ1v) is 7.66. The number of ether oxygens (including phenoxy) is 1. The average Bonchev–Trinajstić information content (AvgIpc) is 2.30. The molecule has 6 nitrogen and oxygen atoms in total. The van der Waals surface area contributed by atoms with E-state index in [1.807, 2.05) is 27.8 Å². The predicted molar refractivity (Wildman–Crippen MR) is 92.1 cm³/mol. The number of aliphatic imine (C=N–C) groups is 1. The number of carbonyl (C=O) groups is 1. The molecule has 0 bridgehead atoms. The topological polar surface area (TPSA) is 66.0 Å². The minimum absolute atomic E-state index is 0.0305. The van der Waals surface area contributed by atoms with E-state index in [2.05, 4.69) is 36.4 Å². The summed E-state index contributed by atoms with van der Waals surface area (Å²) in [6.07, 6.45) is 0.0565. The van der Waals surface area contributed by atoms with Crippen molar-refractivity contribution in [3.63, 3.8) is 0 Å². The Balaban J connectivity index is 4.56. The Morgan fingerprint density at radius 2 is 1.77 bits per heavy atom. The van der Waals surface area contributed by atoms with Crippen molar-refractivity contribution in [2.24, 2.45) is 10.4 Å². The summed E-state index contributed by atoms with van der Waals surface area (Å²) in [6, 6.07) is 0. The van der Waals surface area contributed by atoms with Crippen LogP contribution in [0.1, 0.15) is 41.5 Å². The number of nitrogens with zero attached hydrogens (tertiary/aromatic N) is 2. The molecule has 22 heavy (non-hydrogen) atoms. The standard InChI is InChI=1S/C16H34N4O2/c1-15(2,3)12(22-9)10-18-14(17-7)20(8)11-13(21)19-16(4,5)6/h12H,10-11H2,1-9H3,(H,17,18)(H,19,21). The van der Waals surface area contributed by atoms with Gasteiger partial charge >= 0.3 is 0 Å². The number of guanidine groups is 1. The van der Waals surface area contributed by atoms with E-state index in [1.165, 1.54) is 0 Å². The van der Waals surface area contributed by atoms with Crippen LogP contribution in [0.5, 0.6) is 0 Å². The van der Waals surface area contributed by atoms with Gasteiger partial charge in [-0.1, -0.05) is 20.8 Å². The lowest BCUT2D eigenvalue weighted by Crippen LogP contribution is -2.50. The van der Waals surface area contributed by atoms with Crippen molar-refractivity contribution < 1.29 is 9.53 Å². The fraction of sp³-hybridized carbons (Fsp3) is 0.875. The van der Waals surface area contributed by atoms with Crippen LogP contribution in [0.4, 0.5) is 0 Å². The van der Waals surface area contributed by atoms with E-state index in [-0.39, 0.29) is 29.5 Å². The maximum atomic E-state index is 12.0. The fourth-order valence-corrected chi connectivity index (χ4v) is 2.06. The second kappa shape index (κ2) is 8.36. The monoisotopic (exact) mass is 314 g/mol. The van der Waals surface area contributed by atoms with Gasteiger partial charge in [0.2, 0.25) is 5.91 Å². The summed E-state index contributed by atoms with van der Waals surface area (Å²) in [4.78, 5) is 18.0. The van der Waals surface area contributed by atoms with Gasteiger partial charge < -0.3 is 20.3 Å². The Kier molecular flexibility index (Phi) is 7.87. The van der Waals surface area contributed by atoms with Gasteiger partial charge in [-0.25, -0.2) is 0 Å². The summed E-state index contributed by atoms with van der Waals surface area (Å²) in [5.74, 6) is 0.646. The van der Waals surface area contributed by atoms with Crippen molar-refractivity contribution in [3.8, 4) is 0 Å². The first kappa shape index (κ1) is 20.7. The Morgan fingerprint density at radius 3 is 2.14 bits per heavy atom. The highest BCUT2D eigenvalue weighted by molar-refractivity contribution is 5.86. The molecule has 0 aliphatic carbocycles. The zero-order chi connectivity index (χ0) is 17.6. The Bertz CT molecular complexity index is 381. The number of carbonyl (C=O) groups excluding carboxylic acids is 1. The third kappa shape index (κ3) is 8.22. The van der Waals surface area contributed by atoms with Crippen LogP contribution in [0, 0.1) is 5.41 Å². The molecular formula is C16H34N4O2. The van der Waals surface area contributed by atoms with Gasteiger partial charge in [0.1, 0.15) is 0 Å². The first-order valence-electron chi connectivity index (χ1n) is 7.66. The molecule has 0 fully saturated rings. The Hall–Kier alpha value is -1.30. The fourth-order valence-electron chi connectivity index (χ4n) is 2.06. The molecule has 1 amide bonds. The average molecular weight is 314 g/mol. The molecule has 0 aliphatic rings. The molecule has 0 radical (unpaired) electrons. The zero-order valence-corrected chi connectivity index (χ0v) is 15.7. The maximum absolute atomic E-state index is 12.0. The van der Waals surface area contributed by atoms with Gasteiger partial charge in [0, 0.05) is 33.3 Å². The normalized spacial score (nSPS) is 14.5. The van der Waals surface area contributed by atoms with Gasteiger partial charge in [-0.2, -0.15) is 0 Å². The Morgan fingerprint density at radius 1 is 1.23 bits per heavy atom. The van der Waals surface area contributed by atoms with E-state index in [1.54, 1.807) is 19.1 Å². The van der Waals surface area contributed by atoms with Gasteiger partial charge in [0.15, 0.2) is 5.96 Å². The highest BCUT2D eigenvalue weighted by atomic mass is 16.5. The van der Waals surface area contributed by atoms with Crippen molar-refractivity contribution in [1.29, 1.82) is 0 Å². The van der Waals surface area contributed by atoms with E-state index >= 15 is 0 Å². The number of nitrogens with one attached hydrogen (secondary N) is 2. The molecule has 6 heteroatoms. The molecule has 0 spiro atoms. The molecule has 130 valence electrons. The van der Waals surface area contributed by atoms with Crippen molar-refractivity contribution >= 4 is 11.9 Å². The number of likely N-dealkylation sites (N-methyl/N-ethyl adjacent to an activating group) is 1. The van der Waals surface area contributed by atoms with Gasteiger partial charge in [0.25, 0.3) is 0 Å². The Labute approximate surface area is 135 Å². The first-order chi connectivity index (χ1) is 9.90. The van der Waals surface area contributed by atoms with Crippen LogP contribution >= 0.6 is 0 Å². The molecule has 1 atom stereocenters. The number of hydrogen-bond donors (Lipinski definition) is 2. The quantitative estimate of drug-likeness (QED) is 0.596. The zero-order valence-electron chi connectivity index (χ0n) is 15.7. The summed E-state index contributed by atoms with van der Waals surface area (Å²) >= 11 is 0. The van der Waals surface area contributed by atoms with E-state index in [9.17, 15) is 4.79 Å². The summed E-state index contributed by atoms with van der Waals surface area (Å²) in [7, 11) is 5.26. The lowest BCUT2D eigenvalue weighted by Gasteiger charge is -2.31. The van der Waals surface area contributed by atoms with Gasteiger partial charge in [-0.3, -0.25) is 9.79 Å². The van der Waals surface area contributed by atoms with Crippen LogP contribution in [0.25, 0.3) is 0 Å². The summed E-state index contributed by atoms with van der Waals surface area (Å²) in [5, 5.41) is 6.21. The minimum atomic E-state index is -0.234. The van der Waals surface area contributed by atoms with Crippen LogP contribution in [-0.2, 0) is 9.53 Å². The molecule has 0 saturated heterocycles. The summed E-state index contributed by atoms with van der Waals surface area (Å²) in [6.45, 7) is 13.2. The van der Waals surface area contributed by atoms with Crippen LogP contribution in [0.2, 0.25) is 0 Å². The second-order valence-electron chi connectivity index (χ2n) is 7.67. The molecule has 0 aromatic heterocycles. The molecule has 2 N–H and O–H groups in total. The van der Waals surface area contributed by atoms with Crippen LogP contribution in [-0.4, -0.2) is 62.7 Å². The highest BCUT2D eigenvalue weighted by Crippen LogP contribution is 2.20. The van der Waals surface area contributed by atoms with Crippen LogP contribution < -0.4 is 10.6 Å². The smallest absolute Gasteiger partial charge is 0.240 e. The van der Waals surface area contributed by atoms with Crippen LogP contribution in [0.3, 0.4) is 0 Å². The summed E-state index contributed by atoms with van der Waals surface area (Å²) in [5.41, 5.74) is -0.203. The van der Waals surface area contributed by atoms with Crippen molar-refractivity contribution in [1.82, 2.24) is 15.5 Å². The molecule has 0 rings (SSSR count). The van der Waals surface area contributed by atoms with E-state index in [0.717, 1.165) is 0 Å². The molecule has 0 aromatic rings. The van der Waals surface area contributed by atoms with Crippen molar-refractivity contribution in [2.45, 2.75) is 53.2 Å². The third-order valence-electron chi connectivity index (χ3n) is 3.16. The van der Waals surface area contributed by atoms with Crippen molar-refractivity contribution in [2.75, 3.05) is 34.3 Å². The number of hydrogen-bond acceptors (Lipinski definition) is 3. The molecule has 0 saturated carbocycles. The summed E-state index contributed by atoms with van der Waals surface area (Å²) < 4.78 is 5.52. The van der Waals surface area contributed by atoms with Gasteiger partial charge in [-0.05, 0) is 26.2 Å². The van der Waals surface area contributed by atoms with Gasteiger partial charge in [-0.15, -0.1) is 0 Å². The van der Waals surface area contributed by atoms with E-state index in [4.69, 9.17) is 4.74 Å². The van der Waals surface area contributed by atoms with E-state index < -0.39 is 0 Å². The number of amides is 1. The lowest BCUT2D eigenvalue weighted by atomic mass is 9.89. The highest BCUT2D eigenvalue weighted by Gasteiger charge is 2.25. The van der Waals surface area contributed by atoms with Crippen LogP contribution in [0.15, 0.2) is 4.99 Å². The second-order valence-corrected chi connectivity index (χ2v) is 7.67. The molecule has 0 heterocycles. The number of rotatable bonds is 5. The predicted octanol–water partition coefficient (Wildman–Crippen LogP) is 1.47. The minimum Gasteiger partial charge on any atom is -0.379 e. The molecule has 0 aromatic carbocycles. The third-order valence-corrected chi connectivity index (χ3v) is 3.16. The van der Waals surface area contributed by atoms with E-state index in [0.29, 0.717) is 12.5 Å². The SMILES string of the molecule is CN=C(NCC(OC)C(C)(C)C)N(C)CC(=O)NC(C)(C)C. The maximum Gasteiger partial charge on any atom is 0.240 e. The molecule has 0 aliphatic heterocycles. The van der Waals surface area contributed by atoms with Gasteiger partial charge in [0.05, 0.1) is 12.6 Å². The molecule has 1 unspecified atom stereocenters. The number of methoxy groups -OCH3 is 1. The largest absolute Gasteiger partial charge is 0.379 e. The van der Waals surface area contributed by atoms with Crippen molar-refractivity contribution in [3.05, 3.63) is 0 Å².